The normalized spacial score (nSPS) is 14.2. The zero-order chi connectivity index (χ0) is 25.7. The number of aliphatic carboxylic acids is 1. The Hall–Kier alpha value is -2.77. The molecule has 0 fully saturated rings. The number of nitrogens with two attached hydrogens (primary N) is 2. The number of carbonyl (C=O) groups is 5. The Bertz CT molecular complexity index is 857. The van der Waals surface area contributed by atoms with Crippen LogP contribution in [0.4, 0.5) is 0 Å². The van der Waals surface area contributed by atoms with Gasteiger partial charge in [-0.25, -0.2) is 4.79 Å². The van der Waals surface area contributed by atoms with Crippen molar-refractivity contribution in [3.8, 4) is 0 Å². The molecule has 1 rings (SSSR count). The number of benzene rings is 1. The summed E-state index contributed by atoms with van der Waals surface area (Å²) in [4.78, 5) is 61.1. The molecule has 4 amide bonds. The molecule has 11 nitrogen and oxygen atoms in total. The van der Waals surface area contributed by atoms with Crippen molar-refractivity contribution in [3.63, 3.8) is 0 Å². The topological polar surface area (TPSA) is 194 Å². The van der Waals surface area contributed by atoms with Crippen LogP contribution < -0.4 is 27.4 Å². The van der Waals surface area contributed by atoms with Gasteiger partial charge < -0.3 is 32.5 Å². The van der Waals surface area contributed by atoms with Crippen LogP contribution in [-0.4, -0.2) is 76.6 Å². The van der Waals surface area contributed by atoms with Gasteiger partial charge in [0, 0.05) is 12.2 Å². The number of thiol groups is 1. The molecule has 0 saturated heterocycles. The first-order valence-electron chi connectivity index (χ1n) is 10.4. The van der Waals surface area contributed by atoms with Gasteiger partial charge in [0.2, 0.25) is 23.6 Å². The fourth-order valence-electron chi connectivity index (χ4n) is 2.87. The lowest BCUT2D eigenvalue weighted by molar-refractivity contribution is -0.142. The third-order valence-electron chi connectivity index (χ3n) is 4.71. The van der Waals surface area contributed by atoms with Gasteiger partial charge in [-0.15, -0.1) is 0 Å². The number of hydrogen-bond donors (Lipinski definition) is 7. The largest absolute Gasteiger partial charge is 0.480 e. The summed E-state index contributed by atoms with van der Waals surface area (Å²) in [5, 5.41) is 16.6. The number of carboxylic acid groups (broad SMARTS) is 1. The minimum Gasteiger partial charge on any atom is -0.480 e. The number of nitrogens with one attached hydrogen (secondary N) is 3. The van der Waals surface area contributed by atoms with E-state index in [4.69, 9.17) is 11.5 Å². The number of amides is 4. The number of primary amides is 1. The van der Waals surface area contributed by atoms with Gasteiger partial charge in [0.05, 0.1) is 12.5 Å². The fraction of sp³-hybridized carbons (Fsp3) is 0.476. The number of carboxylic acids is 1. The van der Waals surface area contributed by atoms with Gasteiger partial charge in [-0.2, -0.15) is 24.4 Å². The van der Waals surface area contributed by atoms with Crippen LogP contribution in [-0.2, 0) is 30.4 Å². The van der Waals surface area contributed by atoms with Gasteiger partial charge in [-0.1, -0.05) is 30.3 Å². The van der Waals surface area contributed by atoms with E-state index in [1.54, 1.807) is 36.6 Å². The molecule has 8 N–H and O–H groups in total. The molecule has 1 aromatic carbocycles. The Labute approximate surface area is 207 Å². The molecule has 4 unspecified atom stereocenters. The number of thioether (sulfide) groups is 1. The van der Waals surface area contributed by atoms with Crippen molar-refractivity contribution in [1.29, 1.82) is 0 Å². The third kappa shape index (κ3) is 10.4. The minimum atomic E-state index is -1.44. The van der Waals surface area contributed by atoms with Gasteiger partial charge in [0.15, 0.2) is 0 Å². The molecule has 0 heterocycles. The molecule has 188 valence electrons. The molecular weight excluding hydrogens is 482 g/mol. The van der Waals surface area contributed by atoms with Crippen LogP contribution in [0.3, 0.4) is 0 Å². The summed E-state index contributed by atoms with van der Waals surface area (Å²) in [6.45, 7) is 0. The van der Waals surface area contributed by atoms with Gasteiger partial charge in [0.25, 0.3) is 0 Å². The number of rotatable bonds is 15. The summed E-state index contributed by atoms with van der Waals surface area (Å²) < 4.78 is 0. The van der Waals surface area contributed by atoms with Crippen LogP contribution in [0.2, 0.25) is 0 Å². The zero-order valence-electron chi connectivity index (χ0n) is 18.7. The summed E-state index contributed by atoms with van der Waals surface area (Å²) in [6, 6.07) is 4.07. The zero-order valence-corrected chi connectivity index (χ0v) is 20.4. The van der Waals surface area contributed by atoms with Crippen molar-refractivity contribution in [3.05, 3.63) is 35.9 Å². The van der Waals surface area contributed by atoms with Crippen molar-refractivity contribution in [1.82, 2.24) is 16.0 Å². The third-order valence-corrected chi connectivity index (χ3v) is 5.75. The van der Waals surface area contributed by atoms with Crippen molar-refractivity contribution in [2.24, 2.45) is 11.5 Å². The van der Waals surface area contributed by atoms with Gasteiger partial charge in [0.1, 0.15) is 18.1 Å². The van der Waals surface area contributed by atoms with E-state index in [2.05, 4.69) is 28.6 Å². The first-order chi connectivity index (χ1) is 16.1. The molecular formula is C21H31N5O6S2. The highest BCUT2D eigenvalue weighted by Crippen LogP contribution is 2.06. The maximum absolute atomic E-state index is 13.0. The lowest BCUT2D eigenvalue weighted by atomic mass is 10.0. The van der Waals surface area contributed by atoms with Gasteiger partial charge in [-0.3, -0.25) is 19.2 Å². The lowest BCUT2D eigenvalue weighted by Crippen LogP contribution is -2.58. The van der Waals surface area contributed by atoms with Crippen LogP contribution in [0.15, 0.2) is 30.3 Å². The summed E-state index contributed by atoms with van der Waals surface area (Å²) in [7, 11) is 0. The van der Waals surface area contributed by atoms with Gasteiger partial charge in [-0.05, 0) is 24.0 Å². The molecule has 4 atom stereocenters. The predicted molar refractivity (Wildman–Crippen MR) is 132 cm³/mol. The predicted octanol–water partition coefficient (Wildman–Crippen LogP) is -1.35. The van der Waals surface area contributed by atoms with E-state index >= 15 is 0 Å². The smallest absolute Gasteiger partial charge is 0.326 e. The second-order valence-corrected chi connectivity index (χ2v) is 8.80. The average molecular weight is 514 g/mol. The second kappa shape index (κ2) is 15.2. The molecule has 0 spiro atoms. The molecule has 13 heteroatoms. The maximum Gasteiger partial charge on any atom is 0.326 e. The van der Waals surface area contributed by atoms with E-state index < -0.39 is 60.2 Å². The Kier molecular flexibility index (Phi) is 13.1. The molecule has 1 aromatic rings. The van der Waals surface area contributed by atoms with Crippen LogP contribution in [0.5, 0.6) is 0 Å². The van der Waals surface area contributed by atoms with Crippen molar-refractivity contribution in [2.75, 3.05) is 17.8 Å². The Morgan fingerprint density at radius 3 is 2.06 bits per heavy atom. The van der Waals surface area contributed by atoms with E-state index in [-0.39, 0.29) is 18.6 Å². The highest BCUT2D eigenvalue weighted by atomic mass is 32.2. The highest BCUT2D eigenvalue weighted by Gasteiger charge is 2.31. The van der Waals surface area contributed by atoms with Crippen LogP contribution in [0.25, 0.3) is 0 Å². The van der Waals surface area contributed by atoms with Crippen LogP contribution in [0, 0.1) is 0 Å². The Morgan fingerprint density at radius 2 is 1.53 bits per heavy atom. The maximum atomic E-state index is 13.0. The average Bonchev–Trinajstić information content (AvgIpc) is 2.80. The first kappa shape index (κ1) is 29.3. The van der Waals surface area contributed by atoms with Gasteiger partial charge >= 0.3 is 5.97 Å². The quantitative estimate of drug-likeness (QED) is 0.140. The van der Waals surface area contributed by atoms with E-state index in [9.17, 15) is 29.1 Å². The monoisotopic (exact) mass is 513 g/mol. The number of hydrogen-bond acceptors (Lipinski definition) is 8. The molecule has 0 radical (unpaired) electrons. The number of carbonyl (C=O) groups excluding carboxylic acids is 4. The molecule has 34 heavy (non-hydrogen) atoms. The van der Waals surface area contributed by atoms with E-state index in [1.807, 2.05) is 0 Å². The lowest BCUT2D eigenvalue weighted by Gasteiger charge is -2.24. The molecule has 0 aliphatic heterocycles. The summed E-state index contributed by atoms with van der Waals surface area (Å²) >= 11 is 5.38. The Balaban J connectivity index is 3.06. The van der Waals surface area contributed by atoms with Crippen molar-refractivity contribution >= 4 is 54.0 Å². The summed E-state index contributed by atoms with van der Waals surface area (Å²) in [5.41, 5.74) is 11.6. The van der Waals surface area contributed by atoms with E-state index in [0.717, 1.165) is 5.56 Å². The van der Waals surface area contributed by atoms with Crippen molar-refractivity contribution < 1.29 is 29.1 Å². The standard InChI is InChI=1S/C21H31N5O6S2/c1-34-8-7-14(21(31)32)24-20(30)16(10-17(23)27)26-19(29)15(25-18(28)13(22)11-33)9-12-5-3-2-4-6-12/h2-6,13-16,33H,7-11,22H2,1H3,(H2,23,27)(H,24,30)(H,25,28)(H,26,29)(H,31,32). The molecule has 0 bridgehead atoms. The SMILES string of the molecule is CSCCC(NC(=O)C(CC(N)=O)NC(=O)C(Cc1ccccc1)NC(=O)C(N)CS)C(=O)O. The van der Waals surface area contributed by atoms with E-state index in [1.165, 1.54) is 11.8 Å². The highest BCUT2D eigenvalue weighted by molar-refractivity contribution is 7.98. The Morgan fingerprint density at radius 1 is 0.971 bits per heavy atom. The first-order valence-corrected chi connectivity index (χ1v) is 12.4. The minimum absolute atomic E-state index is 0.0465. The van der Waals surface area contributed by atoms with Crippen molar-refractivity contribution in [2.45, 2.75) is 43.4 Å². The fourth-order valence-corrected chi connectivity index (χ4v) is 3.51. The molecule has 0 saturated carbocycles. The van der Waals surface area contributed by atoms with E-state index in [0.29, 0.717) is 5.75 Å². The van der Waals surface area contributed by atoms with Crippen LogP contribution in [0.1, 0.15) is 18.4 Å². The summed E-state index contributed by atoms with van der Waals surface area (Å²) in [5.74, 6) is -3.87. The molecule has 0 aliphatic rings. The van der Waals surface area contributed by atoms with Crippen LogP contribution >= 0.6 is 24.4 Å². The second-order valence-electron chi connectivity index (χ2n) is 7.45. The molecule has 0 aliphatic carbocycles. The molecule has 0 aromatic heterocycles. The summed E-state index contributed by atoms with van der Waals surface area (Å²) in [6.07, 6.45) is 1.45.